The van der Waals surface area contributed by atoms with Crippen LogP contribution in [0.25, 0.3) is 12.2 Å². The number of thiol groups is 1. The van der Waals surface area contributed by atoms with Gasteiger partial charge in [-0.2, -0.15) is 0 Å². The predicted octanol–water partition coefficient (Wildman–Crippen LogP) is 7.34. The van der Waals surface area contributed by atoms with Crippen LogP contribution in [0, 0.1) is 0 Å². The fraction of sp³-hybridized carbons (Fsp3) is 0.100. The molecule has 0 radical (unpaired) electrons. The maximum atomic E-state index is 7.39. The fourth-order valence-electron chi connectivity index (χ4n) is 4.21. The van der Waals surface area contributed by atoms with E-state index in [1.165, 1.54) is 27.2 Å². The Bertz CT molecular complexity index is 1050. The van der Waals surface area contributed by atoms with Gasteiger partial charge in [0.2, 0.25) is 0 Å². The summed E-state index contributed by atoms with van der Waals surface area (Å²) in [6, 6.07) is 14.7. The second-order valence-electron chi connectivity index (χ2n) is 6.90. The van der Waals surface area contributed by atoms with Crippen molar-refractivity contribution in [3.05, 3.63) is 85.6 Å². The van der Waals surface area contributed by atoms with Crippen LogP contribution in [0.1, 0.15) is 31.8 Å². The van der Waals surface area contributed by atoms with Gasteiger partial charge in [0.1, 0.15) is 0 Å². The fourth-order valence-corrected chi connectivity index (χ4v) is 19.3. The molecular weight excluding hydrogens is 546 g/mol. The molecule has 131 valence electrons. The van der Waals surface area contributed by atoms with Gasteiger partial charge in [-0.15, -0.1) is 0 Å². The van der Waals surface area contributed by atoms with Crippen LogP contribution in [0.2, 0.25) is 0 Å². The van der Waals surface area contributed by atoms with Gasteiger partial charge in [0.05, 0.1) is 0 Å². The summed E-state index contributed by atoms with van der Waals surface area (Å²) >= 11 is 0.746. The number of rotatable bonds is 2. The van der Waals surface area contributed by atoms with Crippen molar-refractivity contribution in [2.45, 2.75) is 9.54 Å². The molecule has 2 aromatic carbocycles. The molecule has 2 aliphatic carbocycles. The molecule has 1 heterocycles. The Morgan fingerprint density at radius 1 is 1.04 bits per heavy atom. The Morgan fingerprint density at radius 3 is 2.65 bits per heavy atom. The molecule has 0 nitrogen and oxygen atoms in total. The summed E-state index contributed by atoms with van der Waals surface area (Å²) in [5.74, 6) is 0.235. The van der Waals surface area contributed by atoms with Gasteiger partial charge < -0.3 is 0 Å². The molecule has 0 saturated heterocycles. The number of hydrogen-bond donors (Lipinski definition) is 1. The first-order chi connectivity index (χ1) is 12.3. The third-order valence-corrected chi connectivity index (χ3v) is 22.6. The first-order valence-electron chi connectivity index (χ1n) is 8.33. The molecule has 1 aliphatic heterocycles. The van der Waals surface area contributed by atoms with Crippen LogP contribution < -0.4 is 3.27 Å². The number of hydrogen-bond acceptors (Lipinski definition) is 2. The van der Waals surface area contributed by atoms with E-state index in [4.69, 9.17) is 26.4 Å². The molecule has 2 unspecified atom stereocenters. The number of thioether (sulfide) groups is 1. The summed E-state index contributed by atoms with van der Waals surface area (Å²) in [4.78, 5) is 1.33. The normalized spacial score (nSPS) is 24.4. The van der Waals surface area contributed by atoms with Crippen molar-refractivity contribution in [1.82, 2.24) is 0 Å². The van der Waals surface area contributed by atoms with E-state index in [0.717, 1.165) is 7.09 Å². The number of allylic oxidation sites excluding steroid dienone is 3. The third kappa shape index (κ3) is 2.67. The summed E-state index contributed by atoms with van der Waals surface area (Å²) in [6.07, 6.45) is 8.78. The Kier molecular flexibility index (Phi) is 4.34. The summed E-state index contributed by atoms with van der Waals surface area (Å²) in [7, 11) is 19.9. The van der Waals surface area contributed by atoms with E-state index in [1.807, 2.05) is 12.1 Å². The topological polar surface area (TPSA) is 0 Å². The second kappa shape index (κ2) is 6.15. The van der Waals surface area contributed by atoms with Crippen LogP contribution in [0.5, 0.6) is 0 Å². The van der Waals surface area contributed by atoms with Crippen LogP contribution >= 0.6 is 54.1 Å². The molecule has 0 aromatic heterocycles. The van der Waals surface area contributed by atoms with Crippen molar-refractivity contribution in [2.75, 3.05) is 0 Å². The van der Waals surface area contributed by atoms with E-state index in [1.54, 1.807) is 11.8 Å². The first-order valence-corrected chi connectivity index (χ1v) is 22.7. The van der Waals surface area contributed by atoms with Gasteiger partial charge in [-0.05, 0) is 0 Å². The van der Waals surface area contributed by atoms with E-state index < -0.39 is 14.9 Å². The van der Waals surface area contributed by atoms with Gasteiger partial charge in [0.25, 0.3) is 0 Å². The molecule has 2 atom stereocenters. The Balaban J connectivity index is 1.70. The zero-order valence-corrected chi connectivity index (χ0v) is 20.8. The van der Waals surface area contributed by atoms with Crippen LogP contribution in [-0.2, 0) is 14.9 Å². The molecule has 3 aliphatic rings. The molecule has 0 spiro atoms. The van der Waals surface area contributed by atoms with E-state index in [-0.39, 0.29) is 9.54 Å². The first kappa shape index (κ1) is 18.3. The van der Waals surface area contributed by atoms with E-state index in [0.29, 0.717) is 0 Å². The summed E-state index contributed by atoms with van der Waals surface area (Å²) in [5, 5.41) is 0. The molecule has 0 N–H and O–H groups in total. The monoisotopic (exact) mass is 557 g/mol. The van der Waals surface area contributed by atoms with Crippen molar-refractivity contribution in [3.63, 3.8) is 0 Å². The van der Waals surface area contributed by atoms with Crippen molar-refractivity contribution in [1.29, 1.82) is 0 Å². The van der Waals surface area contributed by atoms with E-state index >= 15 is 0 Å². The van der Waals surface area contributed by atoms with Gasteiger partial charge in [-0.1, -0.05) is 0 Å². The molecule has 0 fully saturated rings. The van der Waals surface area contributed by atoms with Gasteiger partial charge in [-0.3, -0.25) is 0 Å². The minimum atomic E-state index is -4.65. The number of halogens is 3. The Hall–Kier alpha value is 0.303. The standard InChI is InChI=1S/C11H6BrS.C9H7.2ClH.H2S.Zr/c12-11-6-9-8-4-2-1-3-7(8)5-10(9)13-11;1-2-5-9-7-3-6-8(9)4-1;;;;/h1-3,5-6,9H;1-7H;2*1H;1H2;/q;;;;;+3/p-3. The average Bonchev–Trinajstić information content (AvgIpc) is 3.25. The number of benzene rings is 2. The van der Waals surface area contributed by atoms with Crippen molar-refractivity contribution < 1.29 is 14.9 Å². The summed E-state index contributed by atoms with van der Waals surface area (Å²) < 4.78 is 2.19. The van der Waals surface area contributed by atoms with Crippen LogP contribution in [0.3, 0.4) is 0 Å². The summed E-state index contributed by atoms with van der Waals surface area (Å²) in [6.45, 7) is 0. The van der Waals surface area contributed by atoms with Gasteiger partial charge in [-0.25, -0.2) is 0 Å². The molecular formula is C20H14BrCl2S2Zr. The van der Waals surface area contributed by atoms with E-state index in [9.17, 15) is 0 Å². The molecule has 6 heteroatoms. The van der Waals surface area contributed by atoms with Gasteiger partial charge >= 0.3 is 180 Å². The molecule has 0 bridgehead atoms. The number of fused-ring (bicyclic) bond motifs is 4. The van der Waals surface area contributed by atoms with Crippen molar-refractivity contribution in [2.24, 2.45) is 0 Å². The molecule has 0 saturated carbocycles. The van der Waals surface area contributed by atoms with E-state index in [2.05, 4.69) is 70.6 Å². The minimum absolute atomic E-state index is 0.0312. The van der Waals surface area contributed by atoms with Gasteiger partial charge in [0, 0.05) is 0 Å². The second-order valence-corrected chi connectivity index (χ2v) is 36.4. The average molecular weight is 561 g/mol. The van der Waals surface area contributed by atoms with Crippen LogP contribution in [0.15, 0.2) is 63.3 Å². The maximum absolute atomic E-state index is 7.39. The SMILES string of the molecule is [SH][Zr]([Cl])([Cl])([c]1cccc2c1C1C=C(Br)SC1=C2)[CH]1C=Cc2ccccc21. The molecule has 5 rings (SSSR count). The van der Waals surface area contributed by atoms with Crippen molar-refractivity contribution in [3.8, 4) is 0 Å². The predicted molar refractivity (Wildman–Crippen MR) is 120 cm³/mol. The van der Waals surface area contributed by atoms with Crippen LogP contribution in [-0.4, -0.2) is 0 Å². The third-order valence-electron chi connectivity index (χ3n) is 5.38. The summed E-state index contributed by atoms with van der Waals surface area (Å²) in [5.41, 5.74) is 4.85. The zero-order valence-electron chi connectivity index (χ0n) is 13.5. The Morgan fingerprint density at radius 2 is 1.81 bits per heavy atom. The quantitative estimate of drug-likeness (QED) is 0.375. The van der Waals surface area contributed by atoms with Crippen molar-refractivity contribution >= 4 is 69.5 Å². The molecule has 26 heavy (non-hydrogen) atoms. The van der Waals surface area contributed by atoms with Gasteiger partial charge in [0.15, 0.2) is 0 Å². The molecule has 0 amide bonds. The molecule has 2 aromatic rings. The zero-order chi connectivity index (χ0) is 18.1. The van der Waals surface area contributed by atoms with Crippen LogP contribution in [0.4, 0.5) is 0 Å². The Labute approximate surface area is 177 Å².